The van der Waals surface area contributed by atoms with Crippen LogP contribution in [-0.4, -0.2) is 20.2 Å². The molecule has 0 aliphatic carbocycles. The predicted octanol–water partition coefficient (Wildman–Crippen LogP) is 1.23. The predicted molar refractivity (Wildman–Crippen MR) is 61.3 cm³/mol. The first-order valence-electron chi connectivity index (χ1n) is 4.39. The van der Waals surface area contributed by atoms with Gasteiger partial charge in [0.1, 0.15) is 0 Å². The Morgan fingerprint density at radius 3 is 2.38 bits per heavy atom. The Bertz CT molecular complexity index is 426. The lowest BCUT2D eigenvalue weighted by molar-refractivity contribution is -0.297. The summed E-state index contributed by atoms with van der Waals surface area (Å²) in [6.45, 7) is 0. The fourth-order valence-corrected chi connectivity index (χ4v) is 1.61. The number of halogens is 1. The van der Waals surface area contributed by atoms with Crippen LogP contribution in [0.4, 0.5) is 0 Å². The Hall–Kier alpha value is -1.49. The molecule has 0 aromatic heterocycles. The second-order valence-electron chi connectivity index (χ2n) is 2.88. The van der Waals surface area contributed by atoms with Gasteiger partial charge in [-0.05, 0) is 23.8 Å². The smallest absolute Gasteiger partial charge is 0.161 e. The van der Waals surface area contributed by atoms with Crippen molar-refractivity contribution in [3.8, 4) is 11.5 Å². The summed E-state index contributed by atoms with van der Waals surface area (Å²) in [5.74, 6) is -0.148. The van der Waals surface area contributed by atoms with E-state index in [-0.39, 0.29) is 0 Å². The zero-order valence-electron chi connectivity index (χ0n) is 8.82. The maximum absolute atomic E-state index is 10.3. The van der Waals surface area contributed by atoms with Crippen LogP contribution in [-0.2, 0) is 4.79 Å². The molecule has 5 heteroatoms. The van der Waals surface area contributed by atoms with E-state index in [1.165, 1.54) is 20.3 Å². The van der Waals surface area contributed by atoms with E-state index in [0.29, 0.717) is 21.5 Å². The lowest BCUT2D eigenvalue weighted by atomic mass is 10.2. The highest BCUT2D eigenvalue weighted by atomic mass is 79.9. The van der Waals surface area contributed by atoms with Gasteiger partial charge in [-0.3, -0.25) is 0 Å². The number of methoxy groups -OCH3 is 2. The van der Waals surface area contributed by atoms with E-state index in [9.17, 15) is 9.90 Å². The number of hydrogen-bond donors (Lipinski definition) is 0. The molecule has 86 valence electrons. The topological polar surface area (TPSA) is 58.6 Å². The first-order chi connectivity index (χ1) is 7.58. The molecule has 0 saturated heterocycles. The van der Waals surface area contributed by atoms with Gasteiger partial charge in [0.05, 0.1) is 20.2 Å². The molecule has 16 heavy (non-hydrogen) atoms. The van der Waals surface area contributed by atoms with Gasteiger partial charge in [-0.15, -0.1) is 0 Å². The number of hydrogen-bond acceptors (Lipinski definition) is 4. The highest BCUT2D eigenvalue weighted by Gasteiger charge is 2.07. The molecule has 0 unspecified atom stereocenters. The maximum atomic E-state index is 10.3. The van der Waals surface area contributed by atoms with Crippen molar-refractivity contribution in [1.82, 2.24) is 0 Å². The Balaban J connectivity index is 3.16. The van der Waals surface area contributed by atoms with Crippen LogP contribution in [0, 0.1) is 0 Å². The summed E-state index contributed by atoms with van der Waals surface area (Å²) in [5, 5.41) is 10.3. The molecule has 0 N–H and O–H groups in total. The molecular formula is C11H10BrO4-. The number of carboxylic acids is 1. The molecule has 1 aromatic carbocycles. The lowest BCUT2D eigenvalue weighted by Crippen LogP contribution is -2.18. The minimum Gasteiger partial charge on any atom is -0.545 e. The average molecular weight is 286 g/mol. The molecule has 0 spiro atoms. The quantitative estimate of drug-likeness (QED) is 0.781. The molecular weight excluding hydrogens is 276 g/mol. The lowest BCUT2D eigenvalue weighted by Gasteiger charge is -2.09. The summed E-state index contributed by atoms with van der Waals surface area (Å²) >= 11 is 3.30. The van der Waals surface area contributed by atoms with Crippen molar-refractivity contribution < 1.29 is 19.4 Å². The van der Waals surface area contributed by atoms with Gasteiger partial charge in [0.15, 0.2) is 11.5 Å². The molecule has 1 aromatic rings. The van der Waals surface area contributed by atoms with Crippen LogP contribution in [0.15, 0.2) is 22.7 Å². The standard InChI is InChI=1S/C11H11BrO4/c1-15-9-5-7(3-4-11(13)14)8(12)6-10(9)16-2/h3-6H,1-2H3,(H,13,14)/p-1. The zero-order chi connectivity index (χ0) is 12.1. The van der Waals surface area contributed by atoms with Gasteiger partial charge < -0.3 is 19.4 Å². The molecule has 0 aliphatic rings. The fraction of sp³-hybridized carbons (Fsp3) is 0.182. The Kier molecular flexibility index (Phi) is 4.37. The molecule has 0 aliphatic heterocycles. The number of carbonyl (C=O) groups excluding carboxylic acids is 1. The van der Waals surface area contributed by atoms with Crippen molar-refractivity contribution in [3.05, 3.63) is 28.2 Å². The largest absolute Gasteiger partial charge is 0.545 e. The molecule has 0 amide bonds. The summed E-state index contributed by atoms with van der Waals surface area (Å²) in [7, 11) is 3.04. The number of aliphatic carboxylic acids is 1. The highest BCUT2D eigenvalue weighted by Crippen LogP contribution is 2.33. The van der Waals surface area contributed by atoms with Crippen LogP contribution in [0.2, 0.25) is 0 Å². The van der Waals surface area contributed by atoms with E-state index in [1.807, 2.05) is 0 Å². The van der Waals surface area contributed by atoms with E-state index < -0.39 is 5.97 Å². The Labute approximate surface area is 102 Å². The molecule has 0 radical (unpaired) electrons. The van der Waals surface area contributed by atoms with E-state index in [4.69, 9.17) is 9.47 Å². The van der Waals surface area contributed by atoms with Crippen LogP contribution < -0.4 is 14.6 Å². The number of carboxylic acid groups (broad SMARTS) is 1. The van der Waals surface area contributed by atoms with Gasteiger partial charge >= 0.3 is 0 Å². The first-order valence-corrected chi connectivity index (χ1v) is 5.18. The zero-order valence-corrected chi connectivity index (χ0v) is 10.4. The number of carbonyl (C=O) groups is 1. The minimum atomic E-state index is -1.25. The van der Waals surface area contributed by atoms with Gasteiger partial charge in [0.2, 0.25) is 0 Å². The third-order valence-corrected chi connectivity index (χ3v) is 2.59. The average Bonchev–Trinajstić information content (AvgIpc) is 2.26. The van der Waals surface area contributed by atoms with Crippen molar-refractivity contribution in [2.24, 2.45) is 0 Å². The second kappa shape index (κ2) is 5.55. The van der Waals surface area contributed by atoms with Gasteiger partial charge in [-0.1, -0.05) is 22.0 Å². The summed E-state index contributed by atoms with van der Waals surface area (Å²) in [6, 6.07) is 3.37. The molecule has 1 rings (SSSR count). The molecule has 0 bridgehead atoms. The third kappa shape index (κ3) is 3.00. The first kappa shape index (κ1) is 12.6. The molecule has 0 fully saturated rings. The molecule has 0 atom stereocenters. The highest BCUT2D eigenvalue weighted by molar-refractivity contribution is 9.10. The van der Waals surface area contributed by atoms with Crippen molar-refractivity contribution >= 4 is 28.0 Å². The van der Waals surface area contributed by atoms with Gasteiger partial charge in [0, 0.05) is 4.47 Å². The Morgan fingerprint density at radius 1 is 1.31 bits per heavy atom. The van der Waals surface area contributed by atoms with Crippen LogP contribution >= 0.6 is 15.9 Å². The third-order valence-electron chi connectivity index (χ3n) is 1.90. The monoisotopic (exact) mass is 285 g/mol. The second-order valence-corrected chi connectivity index (χ2v) is 3.74. The normalized spacial score (nSPS) is 10.4. The SMILES string of the molecule is COc1cc(Br)c(C=CC(=O)[O-])cc1OC. The molecule has 0 saturated carbocycles. The molecule has 0 heterocycles. The van der Waals surface area contributed by atoms with Crippen molar-refractivity contribution in [1.29, 1.82) is 0 Å². The van der Waals surface area contributed by atoms with Crippen LogP contribution in [0.5, 0.6) is 11.5 Å². The van der Waals surface area contributed by atoms with E-state index in [1.54, 1.807) is 12.1 Å². The van der Waals surface area contributed by atoms with E-state index in [0.717, 1.165) is 6.08 Å². The summed E-state index contributed by atoms with van der Waals surface area (Å²) < 4.78 is 10.9. The summed E-state index contributed by atoms with van der Waals surface area (Å²) in [6.07, 6.45) is 2.37. The number of ether oxygens (including phenoxy) is 2. The van der Waals surface area contributed by atoms with Crippen molar-refractivity contribution in [2.75, 3.05) is 14.2 Å². The van der Waals surface area contributed by atoms with Gasteiger partial charge in [-0.25, -0.2) is 0 Å². The number of rotatable bonds is 4. The van der Waals surface area contributed by atoms with Crippen LogP contribution in [0.1, 0.15) is 5.56 Å². The van der Waals surface area contributed by atoms with Crippen molar-refractivity contribution in [2.45, 2.75) is 0 Å². The minimum absolute atomic E-state index is 0.531. The number of benzene rings is 1. The summed E-state index contributed by atoms with van der Waals surface area (Å²) in [4.78, 5) is 10.3. The van der Waals surface area contributed by atoms with E-state index >= 15 is 0 Å². The van der Waals surface area contributed by atoms with E-state index in [2.05, 4.69) is 15.9 Å². The van der Waals surface area contributed by atoms with Crippen LogP contribution in [0.25, 0.3) is 6.08 Å². The summed E-state index contributed by atoms with van der Waals surface area (Å²) in [5.41, 5.74) is 0.668. The molecule has 4 nitrogen and oxygen atoms in total. The van der Waals surface area contributed by atoms with Crippen LogP contribution in [0.3, 0.4) is 0 Å². The maximum Gasteiger partial charge on any atom is 0.161 e. The van der Waals surface area contributed by atoms with Gasteiger partial charge in [-0.2, -0.15) is 0 Å². The van der Waals surface area contributed by atoms with Gasteiger partial charge in [0.25, 0.3) is 0 Å². The Morgan fingerprint density at radius 2 is 1.88 bits per heavy atom. The fourth-order valence-electron chi connectivity index (χ4n) is 1.16. The van der Waals surface area contributed by atoms with Crippen molar-refractivity contribution in [3.63, 3.8) is 0 Å².